The number of aliphatic carboxylic acids is 1. The Balaban J connectivity index is 1.47. The fraction of sp³-hybridized carbons (Fsp3) is 0.450. The summed E-state index contributed by atoms with van der Waals surface area (Å²) in [4.78, 5) is 38.3. The Morgan fingerprint density at radius 3 is 2.61 bits per heavy atom. The number of carboxylic acid groups (broad SMARTS) is 1. The zero-order valence-electron chi connectivity index (χ0n) is 15.3. The van der Waals surface area contributed by atoms with Crippen molar-refractivity contribution in [2.75, 3.05) is 19.0 Å². The van der Waals surface area contributed by atoms with Gasteiger partial charge in [-0.15, -0.1) is 11.8 Å². The molecule has 2 fully saturated rings. The van der Waals surface area contributed by atoms with Crippen LogP contribution in [-0.4, -0.2) is 58.2 Å². The maximum Gasteiger partial charge on any atom is 0.352 e. The van der Waals surface area contributed by atoms with Crippen LogP contribution in [0.25, 0.3) is 0 Å². The molecule has 1 aromatic rings. The Hall–Kier alpha value is -2.32. The van der Waals surface area contributed by atoms with E-state index >= 15 is 0 Å². The summed E-state index contributed by atoms with van der Waals surface area (Å²) in [5.41, 5.74) is 1.79. The van der Waals surface area contributed by atoms with Gasteiger partial charge in [-0.05, 0) is 29.9 Å². The minimum Gasteiger partial charge on any atom is -0.477 e. The van der Waals surface area contributed by atoms with Gasteiger partial charge < -0.3 is 15.2 Å². The van der Waals surface area contributed by atoms with E-state index in [4.69, 9.17) is 4.74 Å². The number of carbonyl (C=O) groups is 3. The third-order valence-corrected chi connectivity index (χ3v) is 6.74. The molecule has 2 saturated heterocycles. The van der Waals surface area contributed by atoms with Crippen LogP contribution in [0.5, 0.6) is 0 Å². The largest absolute Gasteiger partial charge is 0.477 e. The molecule has 7 nitrogen and oxygen atoms in total. The van der Waals surface area contributed by atoms with Crippen LogP contribution in [0.3, 0.4) is 0 Å². The standard InChI is InChI=1S/C20H22N2O5S/c23-15(10-12-4-2-1-3-5-12)21-16-18(24)22-17(20(25)26)14(11-28-19(16)22)13-6-8-27-9-7-13/h1-5,13,16,19H,6-11H2,(H,21,23)(H,25,26)/t16-,19-/m1/s1. The highest BCUT2D eigenvalue weighted by atomic mass is 32.2. The first-order valence-corrected chi connectivity index (χ1v) is 10.4. The lowest BCUT2D eigenvalue weighted by molar-refractivity contribution is -0.150. The van der Waals surface area contributed by atoms with E-state index in [1.807, 2.05) is 30.3 Å². The fourth-order valence-electron chi connectivity index (χ4n) is 4.01. The number of ether oxygens (including phenoxy) is 1. The van der Waals surface area contributed by atoms with Crippen molar-refractivity contribution >= 4 is 29.5 Å². The van der Waals surface area contributed by atoms with Crippen molar-refractivity contribution in [2.45, 2.75) is 30.7 Å². The molecular formula is C20H22N2O5S. The number of carbonyl (C=O) groups excluding carboxylic acids is 2. The lowest BCUT2D eigenvalue weighted by atomic mass is 9.89. The monoisotopic (exact) mass is 402 g/mol. The highest BCUT2D eigenvalue weighted by Crippen LogP contribution is 2.43. The normalized spacial score (nSPS) is 25.1. The number of carboxylic acids is 1. The van der Waals surface area contributed by atoms with Gasteiger partial charge in [0.25, 0.3) is 5.91 Å². The summed E-state index contributed by atoms with van der Waals surface area (Å²) < 4.78 is 5.37. The maximum atomic E-state index is 12.7. The van der Waals surface area contributed by atoms with Crippen LogP contribution in [0.1, 0.15) is 18.4 Å². The van der Waals surface area contributed by atoms with E-state index in [0.29, 0.717) is 19.0 Å². The van der Waals surface area contributed by atoms with Gasteiger partial charge in [-0.1, -0.05) is 30.3 Å². The molecular weight excluding hydrogens is 380 g/mol. The number of nitrogens with one attached hydrogen (secondary N) is 1. The number of rotatable bonds is 5. The first kappa shape index (κ1) is 19.0. The van der Waals surface area contributed by atoms with Gasteiger partial charge in [0.2, 0.25) is 5.91 Å². The van der Waals surface area contributed by atoms with Gasteiger partial charge in [0.1, 0.15) is 17.1 Å². The highest BCUT2D eigenvalue weighted by Gasteiger charge is 2.54. The van der Waals surface area contributed by atoms with Crippen LogP contribution in [0.2, 0.25) is 0 Å². The van der Waals surface area contributed by atoms with E-state index in [0.717, 1.165) is 24.0 Å². The van der Waals surface area contributed by atoms with E-state index in [1.165, 1.54) is 16.7 Å². The second-order valence-electron chi connectivity index (χ2n) is 7.18. The first-order valence-electron chi connectivity index (χ1n) is 9.38. The molecule has 0 unspecified atom stereocenters. The van der Waals surface area contributed by atoms with Crippen LogP contribution < -0.4 is 5.32 Å². The predicted molar refractivity (Wildman–Crippen MR) is 103 cm³/mol. The molecule has 0 bridgehead atoms. The van der Waals surface area contributed by atoms with Gasteiger partial charge in [0.05, 0.1) is 6.42 Å². The summed E-state index contributed by atoms with van der Waals surface area (Å²) in [5, 5.41) is 12.2. The van der Waals surface area contributed by atoms with Crippen molar-refractivity contribution in [1.29, 1.82) is 0 Å². The lowest BCUT2D eigenvalue weighted by Gasteiger charge is -2.50. The molecule has 2 atom stereocenters. The average Bonchev–Trinajstić information content (AvgIpc) is 2.72. The second-order valence-corrected chi connectivity index (χ2v) is 8.29. The van der Waals surface area contributed by atoms with E-state index in [2.05, 4.69) is 5.32 Å². The molecule has 148 valence electrons. The van der Waals surface area contributed by atoms with E-state index < -0.39 is 12.0 Å². The number of thioether (sulfide) groups is 1. The second kappa shape index (κ2) is 7.97. The molecule has 8 heteroatoms. The van der Waals surface area contributed by atoms with Crippen LogP contribution in [0.4, 0.5) is 0 Å². The van der Waals surface area contributed by atoms with Crippen molar-refractivity contribution in [2.24, 2.45) is 5.92 Å². The Morgan fingerprint density at radius 1 is 1.21 bits per heavy atom. The molecule has 3 aliphatic rings. The molecule has 3 aliphatic heterocycles. The highest BCUT2D eigenvalue weighted by molar-refractivity contribution is 8.00. The SMILES string of the molecule is O=C(Cc1ccccc1)N[C@@H]1C(=O)N2C(C(=O)O)=C(C3CCOCC3)CS[C@H]12. The zero-order valence-corrected chi connectivity index (χ0v) is 16.1. The molecule has 0 spiro atoms. The molecule has 2 amide bonds. The van der Waals surface area contributed by atoms with Gasteiger partial charge in [-0.2, -0.15) is 0 Å². The third-order valence-electron chi connectivity index (χ3n) is 5.44. The molecule has 1 aromatic carbocycles. The summed E-state index contributed by atoms with van der Waals surface area (Å²) in [7, 11) is 0. The summed E-state index contributed by atoms with van der Waals surface area (Å²) in [6, 6.07) is 8.63. The summed E-state index contributed by atoms with van der Waals surface area (Å²) >= 11 is 1.52. The Morgan fingerprint density at radius 2 is 1.93 bits per heavy atom. The molecule has 3 heterocycles. The molecule has 0 saturated carbocycles. The topological polar surface area (TPSA) is 95.9 Å². The van der Waals surface area contributed by atoms with Crippen LogP contribution >= 0.6 is 11.8 Å². The van der Waals surface area contributed by atoms with Crippen molar-refractivity contribution in [3.8, 4) is 0 Å². The number of hydrogen-bond acceptors (Lipinski definition) is 5. The molecule has 2 N–H and O–H groups in total. The molecule has 0 aliphatic carbocycles. The average molecular weight is 402 g/mol. The summed E-state index contributed by atoms with van der Waals surface area (Å²) in [6.45, 7) is 1.22. The summed E-state index contributed by atoms with van der Waals surface area (Å²) in [5.74, 6) is -0.963. The first-order chi connectivity index (χ1) is 13.6. The van der Waals surface area contributed by atoms with E-state index in [-0.39, 0.29) is 35.2 Å². The number of nitrogens with zero attached hydrogens (tertiary/aromatic N) is 1. The van der Waals surface area contributed by atoms with E-state index in [1.54, 1.807) is 0 Å². The lowest BCUT2D eigenvalue weighted by Crippen LogP contribution is -2.70. The fourth-order valence-corrected chi connectivity index (χ4v) is 5.46. The van der Waals surface area contributed by atoms with Gasteiger partial charge in [-0.3, -0.25) is 14.5 Å². The molecule has 0 aromatic heterocycles. The van der Waals surface area contributed by atoms with Gasteiger partial charge in [0.15, 0.2) is 0 Å². The van der Waals surface area contributed by atoms with Gasteiger partial charge in [-0.25, -0.2) is 4.79 Å². The van der Waals surface area contributed by atoms with E-state index in [9.17, 15) is 19.5 Å². The minimum atomic E-state index is -1.07. The minimum absolute atomic E-state index is 0.106. The molecule has 0 radical (unpaired) electrons. The maximum absolute atomic E-state index is 12.7. The smallest absolute Gasteiger partial charge is 0.352 e. The zero-order chi connectivity index (χ0) is 19.7. The number of fused-ring (bicyclic) bond motifs is 1. The van der Waals surface area contributed by atoms with Gasteiger partial charge in [0, 0.05) is 19.0 Å². The Bertz CT molecular complexity index is 819. The van der Waals surface area contributed by atoms with Crippen molar-refractivity contribution in [1.82, 2.24) is 10.2 Å². The quantitative estimate of drug-likeness (QED) is 0.723. The van der Waals surface area contributed by atoms with Crippen LogP contribution in [-0.2, 0) is 25.5 Å². The molecule has 4 rings (SSSR count). The number of β-lactam (4-membered cyclic amide) rings is 1. The molecule has 28 heavy (non-hydrogen) atoms. The van der Waals surface area contributed by atoms with Crippen molar-refractivity contribution in [3.63, 3.8) is 0 Å². The van der Waals surface area contributed by atoms with Crippen LogP contribution in [0, 0.1) is 5.92 Å². The predicted octanol–water partition coefficient (Wildman–Crippen LogP) is 1.39. The van der Waals surface area contributed by atoms with Crippen LogP contribution in [0.15, 0.2) is 41.6 Å². The number of amides is 2. The Labute approximate surface area is 167 Å². The Kier molecular flexibility index (Phi) is 5.41. The van der Waals surface area contributed by atoms with Gasteiger partial charge >= 0.3 is 5.97 Å². The number of hydrogen-bond donors (Lipinski definition) is 2. The third kappa shape index (κ3) is 3.54. The van der Waals surface area contributed by atoms with Crippen molar-refractivity contribution in [3.05, 3.63) is 47.2 Å². The number of benzene rings is 1. The van der Waals surface area contributed by atoms with Crippen molar-refractivity contribution < 1.29 is 24.2 Å². The summed E-state index contributed by atoms with van der Waals surface area (Å²) in [6.07, 6.45) is 1.74.